The second-order valence-electron chi connectivity index (χ2n) is 5.83. The number of nitrogens with zero attached hydrogens (tertiary/aromatic N) is 2. The van der Waals surface area contributed by atoms with Crippen LogP contribution in [0.4, 0.5) is 11.4 Å². The maximum Gasteiger partial charge on any atom is 0.224 e. The Bertz CT molecular complexity index is 732. The van der Waals surface area contributed by atoms with Crippen LogP contribution in [0, 0.1) is 0 Å². The Kier molecular flexibility index (Phi) is 2.74. The van der Waals surface area contributed by atoms with Crippen molar-refractivity contribution in [2.75, 3.05) is 11.1 Å². The number of rotatable bonds is 1. The van der Waals surface area contributed by atoms with Gasteiger partial charge < -0.3 is 15.6 Å². The summed E-state index contributed by atoms with van der Waals surface area (Å²) in [5.74, 6) is 0.0749. The smallest absolute Gasteiger partial charge is 0.224 e. The molecule has 0 radical (unpaired) electrons. The van der Waals surface area contributed by atoms with Crippen molar-refractivity contribution in [3.05, 3.63) is 35.4 Å². The second kappa shape index (κ2) is 4.62. The third-order valence-electron chi connectivity index (χ3n) is 4.44. The fourth-order valence-electron chi connectivity index (χ4n) is 3.32. The van der Waals surface area contributed by atoms with E-state index in [1.807, 2.05) is 18.5 Å². The molecule has 2 heterocycles. The molecular formula is C16H18N4O. The van der Waals surface area contributed by atoms with Crippen molar-refractivity contribution >= 4 is 17.3 Å². The molecule has 3 N–H and O–H groups in total. The van der Waals surface area contributed by atoms with Gasteiger partial charge in [-0.25, -0.2) is 4.98 Å². The molecule has 1 aromatic carbocycles. The summed E-state index contributed by atoms with van der Waals surface area (Å²) in [6, 6.07) is 3.97. The number of fused-ring (bicyclic) bond motifs is 2. The van der Waals surface area contributed by atoms with Gasteiger partial charge in [0, 0.05) is 17.8 Å². The second-order valence-corrected chi connectivity index (χ2v) is 5.83. The minimum atomic E-state index is 0.0749. The zero-order chi connectivity index (χ0) is 14.4. The lowest BCUT2D eigenvalue weighted by Crippen LogP contribution is -2.20. The van der Waals surface area contributed by atoms with Crippen molar-refractivity contribution < 1.29 is 4.79 Å². The summed E-state index contributed by atoms with van der Waals surface area (Å²) in [5, 5.41) is 2.94. The van der Waals surface area contributed by atoms with Gasteiger partial charge in [0.05, 0.1) is 23.4 Å². The molecular weight excluding hydrogens is 264 g/mol. The Morgan fingerprint density at radius 2 is 2.00 bits per heavy atom. The Morgan fingerprint density at radius 1 is 1.14 bits per heavy atom. The number of hydrogen-bond acceptors (Lipinski definition) is 3. The Hall–Kier alpha value is -2.30. The van der Waals surface area contributed by atoms with Gasteiger partial charge >= 0.3 is 0 Å². The zero-order valence-corrected chi connectivity index (χ0v) is 11.9. The van der Waals surface area contributed by atoms with Gasteiger partial charge in [-0.1, -0.05) is 0 Å². The molecule has 0 bridgehead atoms. The molecule has 21 heavy (non-hydrogen) atoms. The van der Waals surface area contributed by atoms with E-state index in [1.165, 1.54) is 24.2 Å². The fraction of sp³-hybridized carbons (Fsp3) is 0.375. The van der Waals surface area contributed by atoms with E-state index in [-0.39, 0.29) is 5.91 Å². The first-order valence-electron chi connectivity index (χ1n) is 7.50. The number of anilines is 2. The normalized spacial score (nSPS) is 17.0. The molecule has 0 spiro atoms. The van der Waals surface area contributed by atoms with Gasteiger partial charge in [-0.2, -0.15) is 0 Å². The van der Waals surface area contributed by atoms with Crippen LogP contribution in [0.2, 0.25) is 0 Å². The maximum absolute atomic E-state index is 11.6. The molecule has 4 rings (SSSR count). The number of carbonyl (C=O) groups excluding carboxylic acids is 1. The van der Waals surface area contributed by atoms with Crippen LogP contribution in [0.1, 0.15) is 36.2 Å². The third kappa shape index (κ3) is 2.00. The van der Waals surface area contributed by atoms with Gasteiger partial charge in [0.1, 0.15) is 0 Å². The largest absolute Gasteiger partial charge is 0.397 e. The summed E-state index contributed by atoms with van der Waals surface area (Å²) in [7, 11) is 0. The minimum Gasteiger partial charge on any atom is -0.397 e. The Labute approximate surface area is 123 Å². The summed E-state index contributed by atoms with van der Waals surface area (Å²) in [5.41, 5.74) is 12.4. The topological polar surface area (TPSA) is 72.9 Å². The number of nitrogen functional groups attached to an aromatic ring is 1. The zero-order valence-electron chi connectivity index (χ0n) is 11.9. The van der Waals surface area contributed by atoms with Gasteiger partial charge in [-0.3, -0.25) is 4.79 Å². The molecule has 2 aliphatic rings. The highest BCUT2D eigenvalue weighted by atomic mass is 16.1. The van der Waals surface area contributed by atoms with Crippen molar-refractivity contribution in [3.63, 3.8) is 0 Å². The number of aromatic nitrogens is 2. The van der Waals surface area contributed by atoms with Crippen molar-refractivity contribution in [3.8, 4) is 5.69 Å². The standard InChI is InChI=1S/C16H18N4O/c17-11-7-10-5-6-16(21)19-13(10)8-15(11)20-9-18-12-3-1-2-4-14(12)20/h7-9H,1-6,17H2,(H,19,21). The number of carbonyl (C=O) groups is 1. The van der Waals surface area contributed by atoms with Crippen LogP contribution >= 0.6 is 0 Å². The first kappa shape index (κ1) is 12.4. The van der Waals surface area contributed by atoms with E-state index in [0.29, 0.717) is 6.42 Å². The van der Waals surface area contributed by atoms with Crippen LogP contribution < -0.4 is 11.1 Å². The molecule has 1 aliphatic heterocycles. The van der Waals surface area contributed by atoms with Crippen molar-refractivity contribution in [2.24, 2.45) is 0 Å². The molecule has 5 nitrogen and oxygen atoms in total. The van der Waals surface area contributed by atoms with Crippen molar-refractivity contribution in [2.45, 2.75) is 38.5 Å². The maximum atomic E-state index is 11.6. The molecule has 2 aromatic rings. The van der Waals surface area contributed by atoms with Crippen LogP contribution in [0.3, 0.4) is 0 Å². The van der Waals surface area contributed by atoms with E-state index in [4.69, 9.17) is 5.73 Å². The summed E-state index contributed by atoms with van der Waals surface area (Å²) >= 11 is 0. The molecule has 0 fully saturated rings. The number of imidazole rings is 1. The first-order chi connectivity index (χ1) is 10.2. The van der Waals surface area contributed by atoms with Gasteiger partial charge in [0.25, 0.3) is 0 Å². The number of amides is 1. The molecule has 0 saturated heterocycles. The predicted molar refractivity (Wildman–Crippen MR) is 81.6 cm³/mol. The monoisotopic (exact) mass is 282 g/mol. The summed E-state index contributed by atoms with van der Waals surface area (Å²) < 4.78 is 2.09. The highest BCUT2D eigenvalue weighted by molar-refractivity contribution is 5.95. The van der Waals surface area contributed by atoms with E-state index in [9.17, 15) is 4.79 Å². The molecule has 0 atom stereocenters. The molecule has 0 unspecified atom stereocenters. The Balaban J connectivity index is 1.83. The van der Waals surface area contributed by atoms with Crippen molar-refractivity contribution in [1.82, 2.24) is 9.55 Å². The van der Waals surface area contributed by atoms with Gasteiger partial charge in [-0.05, 0) is 49.8 Å². The van der Waals surface area contributed by atoms with Crippen LogP contribution in [-0.4, -0.2) is 15.5 Å². The number of aryl methyl sites for hydroxylation is 2. The van der Waals surface area contributed by atoms with E-state index in [0.717, 1.165) is 41.9 Å². The van der Waals surface area contributed by atoms with E-state index < -0.39 is 0 Å². The van der Waals surface area contributed by atoms with E-state index in [2.05, 4.69) is 14.9 Å². The van der Waals surface area contributed by atoms with Gasteiger partial charge in [-0.15, -0.1) is 0 Å². The number of benzene rings is 1. The van der Waals surface area contributed by atoms with Crippen molar-refractivity contribution in [1.29, 1.82) is 0 Å². The van der Waals surface area contributed by atoms with Crippen LogP contribution in [0.15, 0.2) is 18.5 Å². The lowest BCUT2D eigenvalue weighted by Gasteiger charge is -2.21. The molecule has 1 aromatic heterocycles. The highest BCUT2D eigenvalue weighted by Crippen LogP contribution is 2.32. The first-order valence-corrected chi connectivity index (χ1v) is 7.50. The molecule has 1 aliphatic carbocycles. The summed E-state index contributed by atoms with van der Waals surface area (Å²) in [6.45, 7) is 0. The number of hydrogen-bond donors (Lipinski definition) is 2. The SMILES string of the molecule is Nc1cc2c(cc1-n1cnc3c1CCCC3)NC(=O)CC2. The average molecular weight is 282 g/mol. The summed E-state index contributed by atoms with van der Waals surface area (Å²) in [6.07, 6.45) is 7.64. The third-order valence-corrected chi connectivity index (χ3v) is 4.44. The highest BCUT2D eigenvalue weighted by Gasteiger charge is 2.20. The van der Waals surface area contributed by atoms with Crippen LogP contribution in [0.5, 0.6) is 0 Å². The number of nitrogens with one attached hydrogen (secondary N) is 1. The lowest BCUT2D eigenvalue weighted by molar-refractivity contribution is -0.116. The van der Waals surface area contributed by atoms with Crippen LogP contribution in [0.25, 0.3) is 5.69 Å². The molecule has 108 valence electrons. The van der Waals surface area contributed by atoms with E-state index >= 15 is 0 Å². The van der Waals surface area contributed by atoms with Crippen LogP contribution in [-0.2, 0) is 24.1 Å². The lowest BCUT2D eigenvalue weighted by atomic mass is 9.99. The Morgan fingerprint density at radius 3 is 2.90 bits per heavy atom. The quantitative estimate of drug-likeness (QED) is 0.788. The molecule has 0 saturated carbocycles. The van der Waals surface area contributed by atoms with Gasteiger partial charge in [0.15, 0.2) is 0 Å². The predicted octanol–water partition coefficient (Wildman–Crippen LogP) is 2.22. The fourth-order valence-corrected chi connectivity index (χ4v) is 3.32. The molecule has 5 heteroatoms. The number of nitrogens with two attached hydrogens (primary N) is 1. The molecule has 1 amide bonds. The van der Waals surface area contributed by atoms with E-state index in [1.54, 1.807) is 0 Å². The average Bonchev–Trinajstić information content (AvgIpc) is 2.91. The van der Waals surface area contributed by atoms with Gasteiger partial charge in [0.2, 0.25) is 5.91 Å². The summed E-state index contributed by atoms with van der Waals surface area (Å²) in [4.78, 5) is 16.1. The minimum absolute atomic E-state index is 0.0749.